The molecule has 2 heterocycles. The second kappa shape index (κ2) is 5.48. The van der Waals surface area contributed by atoms with Crippen LogP contribution in [0.25, 0.3) is 0 Å². The van der Waals surface area contributed by atoms with Gasteiger partial charge in [-0.05, 0) is 41.8 Å². The van der Waals surface area contributed by atoms with E-state index in [4.69, 9.17) is 10.5 Å². The van der Waals surface area contributed by atoms with Crippen LogP contribution < -0.4 is 5.73 Å². The van der Waals surface area contributed by atoms with E-state index in [0.29, 0.717) is 12.5 Å². The van der Waals surface area contributed by atoms with E-state index in [1.54, 1.807) is 11.3 Å². The Morgan fingerprint density at radius 1 is 1.65 bits per heavy atom. The maximum atomic E-state index is 6.06. The van der Waals surface area contributed by atoms with Crippen molar-refractivity contribution in [2.24, 2.45) is 11.7 Å². The van der Waals surface area contributed by atoms with Crippen LogP contribution in [-0.2, 0) is 11.3 Å². The summed E-state index contributed by atoms with van der Waals surface area (Å²) < 4.78 is 5.54. The molecule has 0 spiro atoms. The lowest BCUT2D eigenvalue weighted by molar-refractivity contribution is -0.0593. The van der Waals surface area contributed by atoms with Gasteiger partial charge >= 0.3 is 0 Å². The van der Waals surface area contributed by atoms with Gasteiger partial charge in [0, 0.05) is 25.2 Å². The molecule has 0 saturated carbocycles. The van der Waals surface area contributed by atoms with Gasteiger partial charge in [-0.3, -0.25) is 4.90 Å². The maximum Gasteiger partial charge on any atom is 0.0509 e. The van der Waals surface area contributed by atoms with Crippen molar-refractivity contribution in [1.82, 2.24) is 4.90 Å². The van der Waals surface area contributed by atoms with Crippen LogP contribution >= 0.6 is 11.3 Å². The molecule has 1 aliphatic heterocycles. The van der Waals surface area contributed by atoms with Crippen LogP contribution in [0.4, 0.5) is 0 Å². The first-order chi connectivity index (χ1) is 8.19. The molecule has 1 aromatic rings. The molecular formula is C13H22N2OS. The van der Waals surface area contributed by atoms with Crippen LogP contribution in [0, 0.1) is 5.92 Å². The van der Waals surface area contributed by atoms with Crippen LogP contribution in [0.3, 0.4) is 0 Å². The Kier molecular flexibility index (Phi) is 4.20. The predicted molar refractivity (Wildman–Crippen MR) is 72.2 cm³/mol. The molecule has 0 amide bonds. The van der Waals surface area contributed by atoms with Crippen molar-refractivity contribution in [1.29, 1.82) is 0 Å². The summed E-state index contributed by atoms with van der Waals surface area (Å²) in [6, 6.07) is 2.19. The molecule has 3 nitrogen and oxygen atoms in total. The van der Waals surface area contributed by atoms with E-state index in [2.05, 4.69) is 35.7 Å². The first-order valence-electron chi connectivity index (χ1n) is 6.19. The Labute approximate surface area is 108 Å². The average molecular weight is 254 g/mol. The highest BCUT2D eigenvalue weighted by Gasteiger charge is 2.41. The molecule has 0 aliphatic carbocycles. The number of rotatable bonds is 4. The average Bonchev–Trinajstić information content (AvgIpc) is 2.82. The molecule has 0 bridgehead atoms. The minimum absolute atomic E-state index is 0.0974. The number of hydrogen-bond donors (Lipinski definition) is 1. The quantitative estimate of drug-likeness (QED) is 0.892. The molecule has 1 fully saturated rings. The molecule has 1 aliphatic rings. The van der Waals surface area contributed by atoms with E-state index < -0.39 is 0 Å². The van der Waals surface area contributed by atoms with Crippen LogP contribution in [-0.4, -0.2) is 37.2 Å². The highest BCUT2D eigenvalue weighted by atomic mass is 32.1. The monoisotopic (exact) mass is 254 g/mol. The Morgan fingerprint density at radius 2 is 2.47 bits per heavy atom. The molecule has 2 N–H and O–H groups in total. The maximum absolute atomic E-state index is 6.06. The van der Waals surface area contributed by atoms with Crippen molar-refractivity contribution in [3.8, 4) is 0 Å². The summed E-state index contributed by atoms with van der Waals surface area (Å²) in [4.78, 5) is 2.42. The molecular weight excluding hydrogens is 232 g/mol. The van der Waals surface area contributed by atoms with Crippen LogP contribution in [0.5, 0.6) is 0 Å². The van der Waals surface area contributed by atoms with Crippen molar-refractivity contribution in [3.63, 3.8) is 0 Å². The van der Waals surface area contributed by atoms with Gasteiger partial charge in [0.15, 0.2) is 0 Å². The van der Waals surface area contributed by atoms with Gasteiger partial charge in [-0.25, -0.2) is 0 Å². The standard InChI is InChI=1S/C13H22N2OS/c1-11-8-16-5-4-13(11,10-14)15(2)7-12-3-6-17-9-12/h3,6,9,11H,4-5,7-8,10,14H2,1-2H3. The van der Waals surface area contributed by atoms with Gasteiger partial charge in [-0.15, -0.1) is 0 Å². The zero-order valence-corrected chi connectivity index (χ0v) is 11.5. The van der Waals surface area contributed by atoms with Gasteiger partial charge in [-0.2, -0.15) is 11.3 Å². The zero-order chi connectivity index (χ0) is 12.3. The lowest BCUT2D eigenvalue weighted by Crippen LogP contribution is -2.59. The van der Waals surface area contributed by atoms with Gasteiger partial charge in [-0.1, -0.05) is 6.92 Å². The van der Waals surface area contributed by atoms with E-state index in [9.17, 15) is 0 Å². The summed E-state index contributed by atoms with van der Waals surface area (Å²) in [5, 5.41) is 4.34. The number of nitrogens with two attached hydrogens (primary N) is 1. The van der Waals surface area contributed by atoms with Gasteiger partial charge in [0.05, 0.1) is 6.61 Å². The highest BCUT2D eigenvalue weighted by molar-refractivity contribution is 7.07. The summed E-state index contributed by atoms with van der Waals surface area (Å²) >= 11 is 1.75. The summed E-state index contributed by atoms with van der Waals surface area (Å²) in [6.45, 7) is 5.58. The van der Waals surface area contributed by atoms with Crippen LogP contribution in [0.2, 0.25) is 0 Å². The fraction of sp³-hybridized carbons (Fsp3) is 0.692. The van der Waals surface area contributed by atoms with Gasteiger partial charge in [0.25, 0.3) is 0 Å². The molecule has 4 heteroatoms. The number of nitrogens with zero attached hydrogens (tertiary/aromatic N) is 1. The minimum Gasteiger partial charge on any atom is -0.381 e. The van der Waals surface area contributed by atoms with Crippen molar-refractivity contribution in [2.45, 2.75) is 25.4 Å². The third-order valence-corrected chi connectivity index (χ3v) is 4.81. The topological polar surface area (TPSA) is 38.5 Å². The second-order valence-corrected chi connectivity index (χ2v) is 5.80. The first-order valence-corrected chi connectivity index (χ1v) is 7.13. The first kappa shape index (κ1) is 13.0. The Bertz CT molecular complexity index is 341. The fourth-order valence-corrected chi connectivity index (χ4v) is 3.41. The molecule has 1 saturated heterocycles. The van der Waals surface area contributed by atoms with Crippen LogP contribution in [0.15, 0.2) is 16.8 Å². The van der Waals surface area contributed by atoms with E-state index >= 15 is 0 Å². The molecule has 17 heavy (non-hydrogen) atoms. The molecule has 0 aromatic carbocycles. The van der Waals surface area contributed by atoms with Crippen molar-refractivity contribution < 1.29 is 4.74 Å². The third kappa shape index (κ3) is 2.55. The number of thiophene rings is 1. The predicted octanol–water partition coefficient (Wildman–Crippen LogP) is 1.93. The number of ether oxygens (including phenoxy) is 1. The number of likely N-dealkylation sites (N-methyl/N-ethyl adjacent to an activating group) is 1. The Balaban J connectivity index is 2.10. The summed E-state index contributed by atoms with van der Waals surface area (Å²) in [5.41, 5.74) is 7.54. The van der Waals surface area contributed by atoms with E-state index in [1.165, 1.54) is 5.56 Å². The third-order valence-electron chi connectivity index (χ3n) is 4.08. The molecule has 2 unspecified atom stereocenters. The van der Waals surface area contributed by atoms with Crippen molar-refractivity contribution in [2.75, 3.05) is 26.8 Å². The summed E-state index contributed by atoms with van der Waals surface area (Å²) in [7, 11) is 2.19. The highest BCUT2D eigenvalue weighted by Crippen LogP contribution is 2.32. The fourth-order valence-electron chi connectivity index (χ4n) is 2.75. The van der Waals surface area contributed by atoms with Crippen molar-refractivity contribution in [3.05, 3.63) is 22.4 Å². The van der Waals surface area contributed by atoms with Gasteiger partial charge < -0.3 is 10.5 Å². The summed E-state index contributed by atoms with van der Waals surface area (Å²) in [5.74, 6) is 0.491. The molecule has 96 valence electrons. The molecule has 0 radical (unpaired) electrons. The normalized spacial score (nSPS) is 29.8. The van der Waals surface area contributed by atoms with E-state index in [-0.39, 0.29) is 5.54 Å². The summed E-state index contributed by atoms with van der Waals surface area (Å²) in [6.07, 6.45) is 1.03. The number of hydrogen-bond acceptors (Lipinski definition) is 4. The van der Waals surface area contributed by atoms with Crippen molar-refractivity contribution >= 4 is 11.3 Å². The largest absolute Gasteiger partial charge is 0.381 e. The second-order valence-electron chi connectivity index (χ2n) is 5.02. The van der Waals surface area contributed by atoms with Crippen LogP contribution in [0.1, 0.15) is 18.9 Å². The Hall–Kier alpha value is -0.420. The van der Waals surface area contributed by atoms with E-state index in [1.807, 2.05) is 0 Å². The lowest BCUT2D eigenvalue weighted by atomic mass is 9.79. The van der Waals surface area contributed by atoms with Gasteiger partial charge in [0.1, 0.15) is 0 Å². The molecule has 1 aromatic heterocycles. The van der Waals surface area contributed by atoms with Gasteiger partial charge in [0.2, 0.25) is 0 Å². The minimum atomic E-state index is 0.0974. The SMILES string of the molecule is CC1COCCC1(CN)N(C)Cc1ccsc1. The smallest absolute Gasteiger partial charge is 0.0509 e. The lowest BCUT2D eigenvalue weighted by Gasteiger charge is -2.48. The Morgan fingerprint density at radius 3 is 3.06 bits per heavy atom. The molecule has 2 atom stereocenters. The molecule has 2 rings (SSSR count). The van der Waals surface area contributed by atoms with E-state index in [0.717, 1.165) is 26.2 Å². The zero-order valence-electron chi connectivity index (χ0n) is 10.7.